The molecule has 1 fully saturated rings. The Hall–Kier alpha value is -4.55. The first-order chi connectivity index (χ1) is 20.1. The molecule has 0 saturated heterocycles. The summed E-state index contributed by atoms with van der Waals surface area (Å²) in [6.45, 7) is 7.09. The first-order valence-electron chi connectivity index (χ1n) is 14.2. The molecule has 4 N–H and O–H groups in total. The summed E-state index contributed by atoms with van der Waals surface area (Å²) in [5.41, 5.74) is 11.1. The second-order valence-corrected chi connectivity index (χ2v) is 12.2. The molecule has 1 saturated carbocycles. The second kappa shape index (κ2) is 10.7. The molecule has 1 unspecified atom stereocenters. The molecule has 2 heterocycles. The minimum absolute atomic E-state index is 0.0174. The molecule has 1 aromatic heterocycles. The third kappa shape index (κ3) is 5.50. The van der Waals surface area contributed by atoms with Crippen molar-refractivity contribution >= 4 is 30.1 Å². The van der Waals surface area contributed by atoms with E-state index in [1.807, 2.05) is 53.7 Å². The summed E-state index contributed by atoms with van der Waals surface area (Å²) in [6.07, 6.45) is 5.80. The van der Waals surface area contributed by atoms with Gasteiger partial charge in [0.25, 0.3) is 0 Å². The number of nitrogens with zero attached hydrogens (tertiary/aromatic N) is 3. The second-order valence-electron chi connectivity index (χ2n) is 12.2. The first-order valence-corrected chi connectivity index (χ1v) is 14.2. The topological polar surface area (TPSA) is 88.0 Å². The third-order valence-electron chi connectivity index (χ3n) is 7.57. The SMILES string of the molecule is [B]C(Nc1cc(-c2ccccc2)c2ncc(C#N)c(NCC(C)(C)C)c2c1)(C1=CN(C2CC2)NN1)c1ccc(F)cc1. The number of aromatic nitrogens is 1. The van der Waals surface area contributed by atoms with Gasteiger partial charge in [-0.1, -0.05) is 63.2 Å². The van der Waals surface area contributed by atoms with Crippen LogP contribution in [0.1, 0.15) is 44.7 Å². The highest BCUT2D eigenvalue weighted by atomic mass is 19.1. The minimum atomic E-state index is -1.24. The smallest absolute Gasteiger partial charge is 0.123 e. The summed E-state index contributed by atoms with van der Waals surface area (Å²) in [6, 6.07) is 22.9. The lowest BCUT2D eigenvalue weighted by molar-refractivity contribution is 0.260. The summed E-state index contributed by atoms with van der Waals surface area (Å²) in [5, 5.41) is 19.9. The quantitative estimate of drug-likeness (QED) is 0.194. The predicted octanol–water partition coefficient (Wildman–Crippen LogP) is 6.13. The number of nitriles is 1. The molecular weight excluding hydrogens is 524 g/mol. The fraction of sp³-hybridized carbons (Fsp3) is 0.273. The standard InChI is InChI=1S/C33H33BFN7/c1-32(2,3)20-38-30-22(17-36)18-37-31-27(21-7-5-4-6-8-21)15-25(16-28(30)31)39-33(34,23-9-11-24(35)12-10-23)29-19-42(41-40-29)26-13-14-26/h4-12,15-16,18-19,26,39-41H,13-14,20H2,1-3H3,(H,37,38). The van der Waals surface area contributed by atoms with E-state index in [9.17, 15) is 9.65 Å². The van der Waals surface area contributed by atoms with E-state index in [1.54, 1.807) is 18.3 Å². The Bertz CT molecular complexity index is 1690. The molecule has 42 heavy (non-hydrogen) atoms. The van der Waals surface area contributed by atoms with Crippen LogP contribution in [0.25, 0.3) is 22.0 Å². The maximum atomic E-state index is 14.0. The van der Waals surface area contributed by atoms with Crippen molar-refractivity contribution in [2.75, 3.05) is 17.2 Å². The zero-order valence-electron chi connectivity index (χ0n) is 24.0. The summed E-state index contributed by atoms with van der Waals surface area (Å²) < 4.78 is 14.0. The molecule has 7 nitrogen and oxygen atoms in total. The Morgan fingerprint density at radius 1 is 1.10 bits per heavy atom. The number of anilines is 2. The number of rotatable bonds is 8. The third-order valence-corrected chi connectivity index (χ3v) is 7.57. The summed E-state index contributed by atoms with van der Waals surface area (Å²) >= 11 is 0. The van der Waals surface area contributed by atoms with Crippen molar-refractivity contribution in [1.82, 2.24) is 21.0 Å². The normalized spacial score (nSPS) is 16.4. The molecule has 1 aliphatic carbocycles. The number of pyridine rings is 1. The molecule has 6 rings (SSSR count). The number of hydrazine groups is 2. The zero-order valence-corrected chi connectivity index (χ0v) is 24.0. The molecule has 2 aliphatic rings. The molecule has 4 aromatic rings. The van der Waals surface area contributed by atoms with E-state index in [1.165, 1.54) is 12.1 Å². The van der Waals surface area contributed by atoms with Gasteiger partial charge < -0.3 is 16.1 Å². The Labute approximate surface area is 247 Å². The van der Waals surface area contributed by atoms with E-state index < -0.39 is 5.44 Å². The van der Waals surface area contributed by atoms with Crippen LogP contribution in [0.4, 0.5) is 15.8 Å². The number of hydrogen-bond acceptors (Lipinski definition) is 7. The van der Waals surface area contributed by atoms with Crippen molar-refractivity contribution < 1.29 is 4.39 Å². The van der Waals surface area contributed by atoms with Crippen LogP contribution in [0, 0.1) is 22.6 Å². The van der Waals surface area contributed by atoms with Gasteiger partial charge in [0, 0.05) is 41.6 Å². The van der Waals surface area contributed by atoms with Crippen LogP contribution in [0.3, 0.4) is 0 Å². The van der Waals surface area contributed by atoms with Crippen molar-refractivity contribution in [2.45, 2.75) is 45.1 Å². The molecule has 1 aliphatic heterocycles. The molecule has 3 aromatic carbocycles. The van der Waals surface area contributed by atoms with E-state index >= 15 is 0 Å². The van der Waals surface area contributed by atoms with Gasteiger partial charge in [-0.25, -0.2) is 4.39 Å². The first kappa shape index (κ1) is 27.6. The van der Waals surface area contributed by atoms with Crippen LogP contribution in [0.2, 0.25) is 0 Å². The lowest BCUT2D eigenvalue weighted by Crippen LogP contribution is -2.45. The Balaban J connectivity index is 1.53. The largest absolute Gasteiger partial charge is 0.383 e. The van der Waals surface area contributed by atoms with Gasteiger partial charge in [0.1, 0.15) is 19.7 Å². The van der Waals surface area contributed by atoms with Gasteiger partial charge in [-0.05, 0) is 53.6 Å². The summed E-state index contributed by atoms with van der Waals surface area (Å²) in [7, 11) is 7.22. The average molecular weight is 557 g/mol. The molecule has 0 spiro atoms. The van der Waals surface area contributed by atoms with E-state index in [2.05, 4.69) is 48.4 Å². The van der Waals surface area contributed by atoms with Gasteiger partial charge in [-0.15, -0.1) is 5.53 Å². The maximum absolute atomic E-state index is 14.0. The van der Waals surface area contributed by atoms with Crippen molar-refractivity contribution in [3.63, 3.8) is 0 Å². The highest BCUT2D eigenvalue weighted by molar-refractivity contribution is 6.19. The van der Waals surface area contributed by atoms with Gasteiger partial charge in [-0.3, -0.25) is 9.99 Å². The highest BCUT2D eigenvalue weighted by Crippen LogP contribution is 2.40. The highest BCUT2D eigenvalue weighted by Gasteiger charge is 2.38. The Morgan fingerprint density at radius 3 is 2.50 bits per heavy atom. The van der Waals surface area contributed by atoms with Crippen LogP contribution in [0.15, 0.2) is 84.8 Å². The van der Waals surface area contributed by atoms with Crippen molar-refractivity contribution in [2.24, 2.45) is 5.41 Å². The van der Waals surface area contributed by atoms with Gasteiger partial charge in [0.15, 0.2) is 0 Å². The molecule has 1 atom stereocenters. The van der Waals surface area contributed by atoms with Crippen LogP contribution in [0.5, 0.6) is 0 Å². The van der Waals surface area contributed by atoms with Gasteiger partial charge in [0.05, 0.1) is 27.9 Å². The Kier molecular flexibility index (Phi) is 7.03. The Morgan fingerprint density at radius 2 is 1.83 bits per heavy atom. The minimum Gasteiger partial charge on any atom is -0.383 e. The number of nitrogens with one attached hydrogen (secondary N) is 4. The number of benzene rings is 3. The fourth-order valence-electron chi connectivity index (χ4n) is 5.16. The molecule has 2 radical (unpaired) electrons. The van der Waals surface area contributed by atoms with Crippen molar-refractivity contribution in [3.05, 3.63) is 102 Å². The maximum Gasteiger partial charge on any atom is 0.123 e. The molecular formula is C33H33BFN7. The summed E-state index contributed by atoms with van der Waals surface area (Å²) in [5.74, 6) is -0.339. The van der Waals surface area contributed by atoms with E-state index in [-0.39, 0.29) is 11.2 Å². The van der Waals surface area contributed by atoms with Crippen LogP contribution in [-0.4, -0.2) is 30.4 Å². The van der Waals surface area contributed by atoms with Crippen LogP contribution in [-0.2, 0) is 5.44 Å². The van der Waals surface area contributed by atoms with Gasteiger partial charge in [0.2, 0.25) is 0 Å². The monoisotopic (exact) mass is 557 g/mol. The molecule has 0 bridgehead atoms. The van der Waals surface area contributed by atoms with Crippen LogP contribution >= 0.6 is 0 Å². The van der Waals surface area contributed by atoms with Gasteiger partial charge in [-0.2, -0.15) is 5.26 Å². The molecule has 0 amide bonds. The van der Waals surface area contributed by atoms with Crippen LogP contribution < -0.4 is 21.6 Å². The molecule has 210 valence electrons. The average Bonchev–Trinajstić information content (AvgIpc) is 3.71. The lowest BCUT2D eigenvalue weighted by atomic mass is 9.69. The zero-order chi connectivity index (χ0) is 29.5. The molecule has 9 heteroatoms. The van der Waals surface area contributed by atoms with Gasteiger partial charge >= 0.3 is 0 Å². The number of fused-ring (bicyclic) bond motifs is 1. The lowest BCUT2D eigenvalue weighted by Gasteiger charge is -2.34. The fourth-order valence-corrected chi connectivity index (χ4v) is 5.16. The van der Waals surface area contributed by atoms with E-state index in [0.29, 0.717) is 29.4 Å². The van der Waals surface area contributed by atoms with E-state index in [4.69, 9.17) is 12.8 Å². The summed E-state index contributed by atoms with van der Waals surface area (Å²) in [4.78, 5) is 4.75. The number of hydrogen-bond donors (Lipinski definition) is 4. The van der Waals surface area contributed by atoms with Crippen molar-refractivity contribution in [1.29, 1.82) is 5.26 Å². The number of halogens is 1. The van der Waals surface area contributed by atoms with E-state index in [0.717, 1.165) is 46.2 Å². The predicted molar refractivity (Wildman–Crippen MR) is 167 cm³/mol. The van der Waals surface area contributed by atoms with Crippen molar-refractivity contribution in [3.8, 4) is 17.2 Å².